The molecule has 0 saturated carbocycles. The fourth-order valence-electron chi connectivity index (χ4n) is 1.87. The summed E-state index contributed by atoms with van der Waals surface area (Å²) in [6, 6.07) is 0. The third-order valence-corrected chi connectivity index (χ3v) is 3.22. The van der Waals surface area contributed by atoms with Gasteiger partial charge >= 0.3 is 0 Å². The number of amides is 1. The molecule has 1 unspecified atom stereocenters. The summed E-state index contributed by atoms with van der Waals surface area (Å²) in [5.74, 6) is 1.01. The van der Waals surface area contributed by atoms with Crippen molar-refractivity contribution in [2.24, 2.45) is 5.92 Å². The summed E-state index contributed by atoms with van der Waals surface area (Å²) in [6.45, 7) is 6.47. The van der Waals surface area contributed by atoms with Crippen molar-refractivity contribution >= 4 is 5.91 Å². The molecule has 0 fully saturated rings. The van der Waals surface area contributed by atoms with Crippen LogP contribution in [0.25, 0.3) is 0 Å². The number of carbonyl (C=O) groups is 1. The van der Waals surface area contributed by atoms with Crippen molar-refractivity contribution < 1.29 is 14.4 Å². The second kappa shape index (κ2) is 7.16. The number of nitrogens with one attached hydrogen (secondary N) is 1. The molecular weight excluding hydrogens is 232 g/mol. The lowest BCUT2D eigenvalue weighted by Crippen LogP contribution is -2.31. The average Bonchev–Trinajstić information content (AvgIpc) is 2.66. The second-order valence-corrected chi connectivity index (χ2v) is 4.57. The highest BCUT2D eigenvalue weighted by Crippen LogP contribution is 2.13. The first kappa shape index (κ1) is 14.7. The number of hydrogen-bond donors (Lipinski definition) is 2. The lowest BCUT2D eigenvalue weighted by Gasteiger charge is -2.14. The minimum absolute atomic E-state index is 0.0270. The normalized spacial score (nSPS) is 12.4. The van der Waals surface area contributed by atoms with Gasteiger partial charge in [0.2, 0.25) is 5.91 Å². The van der Waals surface area contributed by atoms with E-state index in [1.807, 2.05) is 13.8 Å². The standard InChI is InChI=1S/C13H22N2O3/c1-4-11(5-6-16)8-14-13(17)7-12-9(2)15-18-10(12)3/h11,16H,4-8H2,1-3H3,(H,14,17). The van der Waals surface area contributed by atoms with E-state index in [1.165, 1.54) is 0 Å². The molecule has 0 saturated heterocycles. The number of aliphatic hydroxyl groups is 1. The molecule has 1 aromatic rings. The Labute approximate surface area is 108 Å². The zero-order chi connectivity index (χ0) is 13.5. The molecule has 1 heterocycles. The topological polar surface area (TPSA) is 75.4 Å². The number of rotatable bonds is 7. The van der Waals surface area contributed by atoms with Crippen LogP contribution < -0.4 is 5.32 Å². The summed E-state index contributed by atoms with van der Waals surface area (Å²) < 4.78 is 5.02. The number of hydrogen-bond acceptors (Lipinski definition) is 4. The third kappa shape index (κ3) is 4.14. The van der Waals surface area contributed by atoms with Gasteiger partial charge in [0.1, 0.15) is 5.76 Å². The van der Waals surface area contributed by atoms with Gasteiger partial charge in [0.25, 0.3) is 0 Å². The summed E-state index contributed by atoms with van der Waals surface area (Å²) in [7, 11) is 0. The van der Waals surface area contributed by atoms with Crippen molar-refractivity contribution in [2.45, 2.75) is 40.0 Å². The molecule has 1 rings (SSSR count). The largest absolute Gasteiger partial charge is 0.396 e. The van der Waals surface area contributed by atoms with Crippen LogP contribution in [0.4, 0.5) is 0 Å². The van der Waals surface area contributed by atoms with Crippen LogP contribution in [0, 0.1) is 19.8 Å². The molecule has 5 heteroatoms. The quantitative estimate of drug-likeness (QED) is 0.770. The fourth-order valence-corrected chi connectivity index (χ4v) is 1.87. The number of nitrogens with zero attached hydrogens (tertiary/aromatic N) is 1. The molecule has 2 N–H and O–H groups in total. The van der Waals surface area contributed by atoms with Gasteiger partial charge in [0.05, 0.1) is 12.1 Å². The highest BCUT2D eigenvalue weighted by molar-refractivity contribution is 5.78. The van der Waals surface area contributed by atoms with E-state index in [-0.39, 0.29) is 12.5 Å². The van der Waals surface area contributed by atoms with Crippen molar-refractivity contribution in [3.8, 4) is 0 Å². The van der Waals surface area contributed by atoms with Crippen LogP contribution in [-0.2, 0) is 11.2 Å². The summed E-state index contributed by atoms with van der Waals surface area (Å²) in [5.41, 5.74) is 1.63. The summed E-state index contributed by atoms with van der Waals surface area (Å²) >= 11 is 0. The van der Waals surface area contributed by atoms with Gasteiger partial charge in [-0.25, -0.2) is 0 Å². The lowest BCUT2D eigenvalue weighted by molar-refractivity contribution is -0.120. The molecule has 1 atom stereocenters. The van der Waals surface area contributed by atoms with Crippen LogP contribution in [0.2, 0.25) is 0 Å². The Bertz CT molecular complexity index is 368. The van der Waals surface area contributed by atoms with Gasteiger partial charge in [-0.2, -0.15) is 0 Å². The number of aliphatic hydroxyl groups excluding tert-OH is 1. The van der Waals surface area contributed by atoms with Crippen molar-refractivity contribution in [2.75, 3.05) is 13.2 Å². The molecule has 0 aromatic carbocycles. The summed E-state index contributed by atoms with van der Waals surface area (Å²) in [5, 5.41) is 15.6. The van der Waals surface area contributed by atoms with E-state index < -0.39 is 0 Å². The molecule has 102 valence electrons. The Hall–Kier alpha value is -1.36. The first-order valence-electron chi connectivity index (χ1n) is 6.37. The smallest absolute Gasteiger partial charge is 0.224 e. The molecule has 5 nitrogen and oxygen atoms in total. The zero-order valence-electron chi connectivity index (χ0n) is 11.3. The van der Waals surface area contributed by atoms with Gasteiger partial charge in [0.15, 0.2) is 0 Å². The number of aromatic nitrogens is 1. The van der Waals surface area contributed by atoms with E-state index in [0.29, 0.717) is 24.6 Å². The molecule has 18 heavy (non-hydrogen) atoms. The highest BCUT2D eigenvalue weighted by Gasteiger charge is 2.14. The predicted molar refractivity (Wildman–Crippen MR) is 68.2 cm³/mol. The molecule has 0 radical (unpaired) electrons. The monoisotopic (exact) mass is 254 g/mol. The van der Waals surface area contributed by atoms with E-state index in [0.717, 1.165) is 24.1 Å². The molecule has 0 spiro atoms. The third-order valence-electron chi connectivity index (χ3n) is 3.22. The first-order valence-corrected chi connectivity index (χ1v) is 6.37. The van der Waals surface area contributed by atoms with Gasteiger partial charge in [-0.05, 0) is 26.2 Å². The Morgan fingerprint density at radius 1 is 1.50 bits per heavy atom. The van der Waals surface area contributed by atoms with Crippen LogP contribution in [0.15, 0.2) is 4.52 Å². The zero-order valence-corrected chi connectivity index (χ0v) is 11.3. The van der Waals surface area contributed by atoms with Crippen molar-refractivity contribution in [3.63, 3.8) is 0 Å². The van der Waals surface area contributed by atoms with Crippen LogP contribution in [-0.4, -0.2) is 29.3 Å². The van der Waals surface area contributed by atoms with Crippen LogP contribution in [0.3, 0.4) is 0 Å². The van der Waals surface area contributed by atoms with Crippen LogP contribution >= 0.6 is 0 Å². The fraction of sp³-hybridized carbons (Fsp3) is 0.692. The molecule has 0 bridgehead atoms. The lowest BCUT2D eigenvalue weighted by atomic mass is 10.0. The van der Waals surface area contributed by atoms with E-state index in [9.17, 15) is 4.79 Å². The van der Waals surface area contributed by atoms with Gasteiger partial charge in [0, 0.05) is 18.7 Å². The molecule has 0 aliphatic rings. The van der Waals surface area contributed by atoms with Gasteiger partial charge < -0.3 is 14.9 Å². The predicted octanol–water partition coefficient (Wildman–Crippen LogP) is 1.36. The Morgan fingerprint density at radius 2 is 2.22 bits per heavy atom. The maximum Gasteiger partial charge on any atom is 0.224 e. The second-order valence-electron chi connectivity index (χ2n) is 4.57. The number of carbonyl (C=O) groups excluding carboxylic acids is 1. The SMILES string of the molecule is CCC(CCO)CNC(=O)Cc1c(C)noc1C. The van der Waals surface area contributed by atoms with E-state index in [1.54, 1.807) is 0 Å². The van der Waals surface area contributed by atoms with Crippen molar-refractivity contribution in [1.82, 2.24) is 10.5 Å². The highest BCUT2D eigenvalue weighted by atomic mass is 16.5. The Morgan fingerprint density at radius 3 is 2.72 bits per heavy atom. The number of aryl methyl sites for hydroxylation is 2. The van der Waals surface area contributed by atoms with Crippen LogP contribution in [0.5, 0.6) is 0 Å². The van der Waals surface area contributed by atoms with Gasteiger partial charge in [-0.1, -0.05) is 18.5 Å². The van der Waals surface area contributed by atoms with Crippen molar-refractivity contribution in [3.05, 3.63) is 17.0 Å². The average molecular weight is 254 g/mol. The van der Waals surface area contributed by atoms with Crippen LogP contribution in [0.1, 0.15) is 36.8 Å². The maximum absolute atomic E-state index is 11.8. The maximum atomic E-state index is 11.8. The summed E-state index contributed by atoms with van der Waals surface area (Å²) in [6.07, 6.45) is 1.98. The molecule has 0 aliphatic carbocycles. The minimum atomic E-state index is -0.0270. The van der Waals surface area contributed by atoms with E-state index in [4.69, 9.17) is 9.63 Å². The Kier molecular flexibility index (Phi) is 5.85. The van der Waals surface area contributed by atoms with Gasteiger partial charge in [-0.3, -0.25) is 4.79 Å². The molecular formula is C13H22N2O3. The van der Waals surface area contributed by atoms with Crippen molar-refractivity contribution in [1.29, 1.82) is 0 Å². The van der Waals surface area contributed by atoms with E-state index >= 15 is 0 Å². The molecule has 1 aromatic heterocycles. The molecule has 0 aliphatic heterocycles. The van der Waals surface area contributed by atoms with E-state index in [2.05, 4.69) is 17.4 Å². The first-order chi connectivity index (χ1) is 8.58. The van der Waals surface area contributed by atoms with Gasteiger partial charge in [-0.15, -0.1) is 0 Å². The minimum Gasteiger partial charge on any atom is -0.396 e. The summed E-state index contributed by atoms with van der Waals surface area (Å²) in [4.78, 5) is 11.8. The molecule has 1 amide bonds. The Balaban J connectivity index is 2.42.